The van der Waals surface area contributed by atoms with Crippen LogP contribution in [-0.4, -0.2) is 72.7 Å². The van der Waals surface area contributed by atoms with Crippen molar-refractivity contribution in [2.45, 2.75) is 38.5 Å². The molecular formula is C19H25CaNO3+2. The summed E-state index contributed by atoms with van der Waals surface area (Å²) in [6.07, 6.45) is 5.53. The average Bonchev–Trinajstić information content (AvgIpc) is 2.99. The van der Waals surface area contributed by atoms with Crippen molar-refractivity contribution in [1.29, 1.82) is 0 Å². The number of nitrogens with zero attached hydrogens (tertiary/aromatic N) is 1. The molecule has 1 aromatic carbocycles. The fourth-order valence-corrected chi connectivity index (χ4v) is 4.09. The quantitative estimate of drug-likeness (QED) is 0.826. The predicted molar refractivity (Wildman–Crippen MR) is 93.7 cm³/mol. The van der Waals surface area contributed by atoms with E-state index in [0.717, 1.165) is 18.7 Å². The molecule has 1 aliphatic carbocycles. The van der Waals surface area contributed by atoms with Crippen molar-refractivity contribution in [3.8, 4) is 0 Å². The standard InChI is InChI=1S/C19H25NO3.Ca/c21-18(20-12-15-8-4-5-9-16(15)13-20)11-17(19(22)23)10-14-6-2-1-3-7-14;/h1-3,6-7,15-17H,4-5,8-13H2,(H,22,23);/q;+2/t15-,16+,17-;/m0./s1. The molecule has 1 saturated carbocycles. The van der Waals surface area contributed by atoms with Gasteiger partial charge in [0, 0.05) is 19.5 Å². The number of aliphatic carboxylic acids is 1. The Morgan fingerprint density at radius 1 is 1.08 bits per heavy atom. The Morgan fingerprint density at radius 2 is 1.67 bits per heavy atom. The number of carbonyl (C=O) groups excluding carboxylic acids is 1. The van der Waals surface area contributed by atoms with Crippen molar-refractivity contribution in [2.24, 2.45) is 17.8 Å². The maximum absolute atomic E-state index is 12.6. The molecule has 2 aliphatic rings. The summed E-state index contributed by atoms with van der Waals surface area (Å²) in [7, 11) is 0. The molecule has 1 N–H and O–H groups in total. The third-order valence-corrected chi connectivity index (χ3v) is 5.42. The first kappa shape index (κ1) is 19.7. The van der Waals surface area contributed by atoms with E-state index in [9.17, 15) is 14.7 Å². The van der Waals surface area contributed by atoms with Gasteiger partial charge in [-0.1, -0.05) is 43.2 Å². The van der Waals surface area contributed by atoms with E-state index >= 15 is 0 Å². The normalized spacial score (nSPS) is 23.9. The van der Waals surface area contributed by atoms with E-state index < -0.39 is 11.9 Å². The van der Waals surface area contributed by atoms with Crippen LogP contribution in [0.2, 0.25) is 0 Å². The van der Waals surface area contributed by atoms with E-state index in [0.29, 0.717) is 18.3 Å². The van der Waals surface area contributed by atoms with Gasteiger partial charge < -0.3 is 10.0 Å². The first-order valence-corrected chi connectivity index (χ1v) is 8.68. The molecule has 4 nitrogen and oxygen atoms in total. The van der Waals surface area contributed by atoms with Crippen LogP contribution in [0.1, 0.15) is 37.7 Å². The minimum atomic E-state index is -0.876. The van der Waals surface area contributed by atoms with E-state index in [1.165, 1.54) is 25.7 Å². The largest absolute Gasteiger partial charge is 2.00 e. The third-order valence-electron chi connectivity index (χ3n) is 5.42. The van der Waals surface area contributed by atoms with Crippen LogP contribution in [-0.2, 0) is 16.0 Å². The summed E-state index contributed by atoms with van der Waals surface area (Å²) in [5.74, 6) is -0.204. The minimum Gasteiger partial charge on any atom is -0.481 e. The summed E-state index contributed by atoms with van der Waals surface area (Å²) in [4.78, 5) is 26.0. The van der Waals surface area contributed by atoms with E-state index in [4.69, 9.17) is 0 Å². The van der Waals surface area contributed by atoms with Crippen LogP contribution >= 0.6 is 0 Å². The Bertz CT molecular complexity index is 549. The molecular weight excluding hydrogens is 330 g/mol. The van der Waals surface area contributed by atoms with Crippen molar-refractivity contribution >= 4 is 49.6 Å². The fourth-order valence-electron chi connectivity index (χ4n) is 4.09. The Morgan fingerprint density at radius 3 is 2.21 bits per heavy atom. The Balaban J connectivity index is 0.00000208. The molecule has 1 saturated heterocycles. The van der Waals surface area contributed by atoms with Gasteiger partial charge in [-0.3, -0.25) is 9.59 Å². The summed E-state index contributed by atoms with van der Waals surface area (Å²) in [6, 6.07) is 9.56. The van der Waals surface area contributed by atoms with E-state index in [-0.39, 0.29) is 50.1 Å². The van der Waals surface area contributed by atoms with Gasteiger partial charge >= 0.3 is 43.7 Å². The summed E-state index contributed by atoms with van der Waals surface area (Å²) < 4.78 is 0. The van der Waals surface area contributed by atoms with Crippen LogP contribution in [0.15, 0.2) is 30.3 Å². The second-order valence-electron chi connectivity index (χ2n) is 7.03. The summed E-state index contributed by atoms with van der Waals surface area (Å²) in [5, 5.41) is 9.46. The van der Waals surface area contributed by atoms with E-state index in [1.54, 1.807) is 0 Å². The molecule has 0 radical (unpaired) electrons. The van der Waals surface area contributed by atoms with Gasteiger partial charge in [-0.25, -0.2) is 0 Å². The topological polar surface area (TPSA) is 57.6 Å². The number of carbonyl (C=O) groups is 2. The van der Waals surface area contributed by atoms with Gasteiger partial charge in [-0.15, -0.1) is 0 Å². The molecule has 1 aromatic rings. The minimum absolute atomic E-state index is 0. The van der Waals surface area contributed by atoms with Gasteiger partial charge in [0.05, 0.1) is 5.92 Å². The summed E-state index contributed by atoms with van der Waals surface area (Å²) in [5.41, 5.74) is 0.975. The molecule has 1 aliphatic heterocycles. The van der Waals surface area contributed by atoms with Crippen molar-refractivity contribution in [3.63, 3.8) is 0 Å². The van der Waals surface area contributed by atoms with Crippen LogP contribution in [0, 0.1) is 17.8 Å². The number of carboxylic acids is 1. The summed E-state index contributed by atoms with van der Waals surface area (Å²) in [6.45, 7) is 1.67. The molecule has 1 heterocycles. The maximum Gasteiger partial charge on any atom is 2.00 e. The molecule has 1 amide bonds. The van der Waals surface area contributed by atoms with Crippen molar-refractivity contribution in [2.75, 3.05) is 13.1 Å². The first-order chi connectivity index (χ1) is 11.1. The molecule has 124 valence electrons. The maximum atomic E-state index is 12.6. The zero-order valence-corrected chi connectivity index (χ0v) is 16.4. The van der Waals surface area contributed by atoms with Crippen LogP contribution in [0.5, 0.6) is 0 Å². The smallest absolute Gasteiger partial charge is 0.481 e. The van der Waals surface area contributed by atoms with Crippen LogP contribution < -0.4 is 0 Å². The molecule has 0 unspecified atom stereocenters. The summed E-state index contributed by atoms with van der Waals surface area (Å²) >= 11 is 0. The van der Waals surface area contributed by atoms with Gasteiger partial charge in [-0.2, -0.15) is 0 Å². The van der Waals surface area contributed by atoms with Crippen LogP contribution in [0.3, 0.4) is 0 Å². The Kier molecular flexibility index (Phi) is 7.58. The van der Waals surface area contributed by atoms with Crippen molar-refractivity contribution < 1.29 is 14.7 Å². The van der Waals surface area contributed by atoms with Gasteiger partial charge in [-0.05, 0) is 36.7 Å². The van der Waals surface area contributed by atoms with Crippen LogP contribution in [0.25, 0.3) is 0 Å². The molecule has 0 aromatic heterocycles. The van der Waals surface area contributed by atoms with Crippen molar-refractivity contribution in [1.82, 2.24) is 4.90 Å². The number of likely N-dealkylation sites (tertiary alicyclic amines) is 1. The molecule has 0 spiro atoms. The predicted octanol–water partition coefficient (Wildman–Crippen LogP) is 2.59. The van der Waals surface area contributed by atoms with E-state index in [1.807, 2.05) is 35.2 Å². The van der Waals surface area contributed by atoms with Gasteiger partial charge in [0.1, 0.15) is 0 Å². The Hall–Kier alpha value is -0.580. The van der Waals surface area contributed by atoms with Crippen LogP contribution in [0.4, 0.5) is 0 Å². The number of benzene rings is 1. The fraction of sp³-hybridized carbons (Fsp3) is 0.579. The number of amides is 1. The molecule has 3 rings (SSSR count). The van der Waals surface area contributed by atoms with Gasteiger partial charge in [0.2, 0.25) is 5.91 Å². The third kappa shape index (κ3) is 4.96. The van der Waals surface area contributed by atoms with Crippen molar-refractivity contribution in [3.05, 3.63) is 35.9 Å². The SMILES string of the molecule is O=C(O)[C@H](CC(=O)N1C[C@H]2CCCC[C@H]2C1)Cc1ccccc1.[Ca+2]. The molecule has 24 heavy (non-hydrogen) atoms. The number of fused-ring (bicyclic) bond motifs is 1. The number of hydrogen-bond acceptors (Lipinski definition) is 2. The zero-order chi connectivity index (χ0) is 16.2. The van der Waals surface area contributed by atoms with Gasteiger partial charge in [0.25, 0.3) is 0 Å². The molecule has 3 atom stereocenters. The second-order valence-corrected chi connectivity index (χ2v) is 7.03. The first-order valence-electron chi connectivity index (χ1n) is 8.68. The Labute approximate surface area is 173 Å². The zero-order valence-electron chi connectivity index (χ0n) is 14.2. The number of carboxylic acid groups (broad SMARTS) is 1. The molecule has 0 bridgehead atoms. The van der Waals surface area contributed by atoms with Gasteiger partial charge in [0.15, 0.2) is 0 Å². The van der Waals surface area contributed by atoms with E-state index in [2.05, 4.69) is 0 Å². The average molecular weight is 355 g/mol. The monoisotopic (exact) mass is 355 g/mol. The second kappa shape index (κ2) is 9.21. The number of hydrogen-bond donors (Lipinski definition) is 1. The molecule has 2 fully saturated rings. The number of rotatable bonds is 5. The molecule has 5 heteroatoms.